The predicted molar refractivity (Wildman–Crippen MR) is 68.8 cm³/mol. The molecule has 0 spiro atoms. The van der Waals surface area contributed by atoms with Gasteiger partial charge in [-0.1, -0.05) is 0 Å². The van der Waals surface area contributed by atoms with Crippen LogP contribution in [0.3, 0.4) is 0 Å². The Morgan fingerprint density at radius 1 is 1.53 bits per heavy atom. The van der Waals surface area contributed by atoms with Crippen molar-refractivity contribution in [2.75, 3.05) is 26.7 Å². The molecule has 1 fully saturated rings. The SMILES string of the molecule is CN(CC(=O)c1ccco1)C1CCNCC1.Cl. The summed E-state index contributed by atoms with van der Waals surface area (Å²) in [5.74, 6) is 0.520. The van der Waals surface area contributed by atoms with Gasteiger partial charge in [-0.3, -0.25) is 9.69 Å². The minimum absolute atomic E-state index is 0. The zero-order chi connectivity index (χ0) is 11.4. The highest BCUT2D eigenvalue weighted by atomic mass is 35.5. The number of rotatable bonds is 4. The quantitative estimate of drug-likeness (QED) is 0.833. The molecular weight excluding hydrogens is 240 g/mol. The van der Waals surface area contributed by atoms with Crippen molar-refractivity contribution in [3.8, 4) is 0 Å². The molecule has 0 saturated carbocycles. The number of Topliss-reactive ketones (excluding diaryl/α,β-unsaturated/α-hetero) is 1. The van der Waals surface area contributed by atoms with Crippen molar-refractivity contribution in [1.29, 1.82) is 0 Å². The summed E-state index contributed by atoms with van der Waals surface area (Å²) in [5, 5.41) is 3.32. The third-order valence-electron chi connectivity index (χ3n) is 3.12. The summed E-state index contributed by atoms with van der Waals surface area (Å²) in [6, 6.07) is 3.98. The molecule has 1 aliphatic rings. The van der Waals surface area contributed by atoms with Crippen LogP contribution < -0.4 is 5.32 Å². The molecule has 17 heavy (non-hydrogen) atoms. The summed E-state index contributed by atoms with van der Waals surface area (Å²) in [7, 11) is 2.01. The minimum atomic E-state index is 0. The molecule has 2 heterocycles. The molecule has 96 valence electrons. The minimum Gasteiger partial charge on any atom is -0.461 e. The average Bonchev–Trinajstić information content (AvgIpc) is 2.83. The molecule has 1 aromatic rings. The average molecular weight is 259 g/mol. The van der Waals surface area contributed by atoms with Crippen LogP contribution >= 0.6 is 12.4 Å². The van der Waals surface area contributed by atoms with E-state index in [2.05, 4.69) is 10.2 Å². The molecule has 0 atom stereocenters. The normalized spacial score (nSPS) is 16.8. The molecule has 4 nitrogen and oxygen atoms in total. The molecule has 5 heteroatoms. The Kier molecular flexibility index (Phi) is 5.68. The van der Waals surface area contributed by atoms with Crippen molar-refractivity contribution in [2.24, 2.45) is 0 Å². The van der Waals surface area contributed by atoms with Crippen molar-refractivity contribution in [2.45, 2.75) is 18.9 Å². The fourth-order valence-electron chi connectivity index (χ4n) is 2.12. The molecule has 1 saturated heterocycles. The van der Waals surface area contributed by atoms with Crippen molar-refractivity contribution >= 4 is 18.2 Å². The van der Waals surface area contributed by atoms with Crippen LogP contribution in [-0.4, -0.2) is 43.4 Å². The maximum absolute atomic E-state index is 11.8. The van der Waals surface area contributed by atoms with Gasteiger partial charge < -0.3 is 9.73 Å². The van der Waals surface area contributed by atoms with Crippen LogP contribution in [0.1, 0.15) is 23.4 Å². The Hall–Kier alpha value is -0.840. The second-order valence-electron chi connectivity index (χ2n) is 4.30. The maximum atomic E-state index is 11.8. The Morgan fingerprint density at radius 2 is 2.24 bits per heavy atom. The molecular formula is C12H19ClN2O2. The van der Waals surface area contributed by atoms with Gasteiger partial charge in [0.25, 0.3) is 0 Å². The molecule has 0 unspecified atom stereocenters. The predicted octanol–water partition coefficient (Wildman–Crippen LogP) is 1.57. The van der Waals surface area contributed by atoms with Gasteiger partial charge in [-0.15, -0.1) is 12.4 Å². The van der Waals surface area contributed by atoms with E-state index in [1.54, 1.807) is 12.1 Å². The summed E-state index contributed by atoms with van der Waals surface area (Å²) in [4.78, 5) is 13.9. The Labute approximate surface area is 108 Å². The number of carbonyl (C=O) groups is 1. The van der Waals surface area contributed by atoms with E-state index in [0.29, 0.717) is 18.3 Å². The zero-order valence-corrected chi connectivity index (χ0v) is 10.8. The van der Waals surface area contributed by atoms with E-state index in [1.165, 1.54) is 6.26 Å². The molecule has 0 bridgehead atoms. The van der Waals surface area contributed by atoms with E-state index in [-0.39, 0.29) is 18.2 Å². The summed E-state index contributed by atoms with van der Waals surface area (Å²) in [6.45, 7) is 2.53. The number of nitrogens with zero attached hydrogens (tertiary/aromatic N) is 1. The van der Waals surface area contributed by atoms with E-state index < -0.39 is 0 Å². The molecule has 1 N–H and O–H groups in total. The summed E-state index contributed by atoms with van der Waals surface area (Å²) in [5.41, 5.74) is 0. The topological polar surface area (TPSA) is 45.5 Å². The molecule has 2 rings (SSSR count). The van der Waals surface area contributed by atoms with Gasteiger partial charge in [0.05, 0.1) is 12.8 Å². The highest BCUT2D eigenvalue weighted by Crippen LogP contribution is 2.11. The second kappa shape index (κ2) is 6.79. The third-order valence-corrected chi connectivity index (χ3v) is 3.12. The van der Waals surface area contributed by atoms with Crippen LogP contribution in [-0.2, 0) is 0 Å². The van der Waals surface area contributed by atoms with Crippen LogP contribution in [0.25, 0.3) is 0 Å². The van der Waals surface area contributed by atoms with Crippen molar-refractivity contribution in [3.05, 3.63) is 24.2 Å². The lowest BCUT2D eigenvalue weighted by Crippen LogP contribution is -2.43. The Morgan fingerprint density at radius 3 is 2.82 bits per heavy atom. The lowest BCUT2D eigenvalue weighted by atomic mass is 10.1. The van der Waals surface area contributed by atoms with E-state index in [9.17, 15) is 4.79 Å². The first-order valence-corrected chi connectivity index (χ1v) is 5.75. The van der Waals surface area contributed by atoms with E-state index >= 15 is 0 Å². The van der Waals surface area contributed by atoms with Gasteiger partial charge in [-0.2, -0.15) is 0 Å². The first-order valence-electron chi connectivity index (χ1n) is 5.75. The fraction of sp³-hybridized carbons (Fsp3) is 0.583. The fourth-order valence-corrected chi connectivity index (χ4v) is 2.12. The van der Waals surface area contributed by atoms with Crippen LogP contribution in [0.4, 0.5) is 0 Å². The summed E-state index contributed by atoms with van der Waals surface area (Å²) in [6.07, 6.45) is 3.77. The van der Waals surface area contributed by atoms with Gasteiger partial charge >= 0.3 is 0 Å². The molecule has 0 aromatic carbocycles. The molecule has 0 radical (unpaired) electrons. The van der Waals surface area contributed by atoms with E-state index in [0.717, 1.165) is 25.9 Å². The van der Waals surface area contributed by atoms with Crippen LogP contribution in [0.2, 0.25) is 0 Å². The molecule has 0 aliphatic carbocycles. The lowest BCUT2D eigenvalue weighted by Gasteiger charge is -2.30. The number of carbonyl (C=O) groups excluding carboxylic acids is 1. The van der Waals surface area contributed by atoms with Crippen molar-refractivity contribution < 1.29 is 9.21 Å². The summed E-state index contributed by atoms with van der Waals surface area (Å²) < 4.78 is 5.09. The first kappa shape index (κ1) is 14.2. The number of likely N-dealkylation sites (N-methyl/N-ethyl adjacent to an activating group) is 1. The molecule has 1 aliphatic heterocycles. The number of halogens is 1. The highest BCUT2D eigenvalue weighted by Gasteiger charge is 2.20. The zero-order valence-electron chi connectivity index (χ0n) is 10.0. The van der Waals surface area contributed by atoms with Gasteiger partial charge in [-0.05, 0) is 45.1 Å². The number of nitrogens with one attached hydrogen (secondary N) is 1. The smallest absolute Gasteiger partial charge is 0.211 e. The van der Waals surface area contributed by atoms with Crippen molar-refractivity contribution in [1.82, 2.24) is 10.2 Å². The van der Waals surface area contributed by atoms with Gasteiger partial charge in [0, 0.05) is 6.04 Å². The summed E-state index contributed by atoms with van der Waals surface area (Å²) >= 11 is 0. The second-order valence-corrected chi connectivity index (χ2v) is 4.30. The van der Waals surface area contributed by atoms with Crippen LogP contribution in [0.15, 0.2) is 22.8 Å². The lowest BCUT2D eigenvalue weighted by molar-refractivity contribution is 0.0876. The van der Waals surface area contributed by atoms with E-state index in [4.69, 9.17) is 4.42 Å². The number of furan rings is 1. The number of ketones is 1. The Bertz CT molecular complexity index is 334. The standard InChI is InChI=1S/C12H18N2O2.ClH/c1-14(10-4-6-13-7-5-10)9-11(15)12-3-2-8-16-12;/h2-3,8,10,13H,4-7,9H2,1H3;1H. The number of hydrogen-bond acceptors (Lipinski definition) is 4. The van der Waals surface area contributed by atoms with Gasteiger partial charge in [0.1, 0.15) is 0 Å². The van der Waals surface area contributed by atoms with E-state index in [1.807, 2.05) is 7.05 Å². The molecule has 1 aromatic heterocycles. The monoisotopic (exact) mass is 258 g/mol. The van der Waals surface area contributed by atoms with Crippen LogP contribution in [0, 0.1) is 0 Å². The largest absolute Gasteiger partial charge is 0.461 e. The van der Waals surface area contributed by atoms with Gasteiger partial charge in [-0.25, -0.2) is 0 Å². The van der Waals surface area contributed by atoms with Crippen molar-refractivity contribution in [3.63, 3.8) is 0 Å². The van der Waals surface area contributed by atoms with Gasteiger partial charge in [0.2, 0.25) is 5.78 Å². The maximum Gasteiger partial charge on any atom is 0.211 e. The van der Waals surface area contributed by atoms with Gasteiger partial charge in [0.15, 0.2) is 5.76 Å². The number of piperidine rings is 1. The Balaban J connectivity index is 0.00000144. The first-order chi connectivity index (χ1) is 7.77. The number of hydrogen-bond donors (Lipinski definition) is 1. The third kappa shape index (κ3) is 3.84. The van der Waals surface area contributed by atoms with Crippen LogP contribution in [0.5, 0.6) is 0 Å². The molecule has 0 amide bonds. The highest BCUT2D eigenvalue weighted by molar-refractivity contribution is 5.94.